The second kappa shape index (κ2) is 6.85. The van der Waals surface area contributed by atoms with E-state index in [0.29, 0.717) is 5.69 Å². The molecule has 21 heavy (non-hydrogen) atoms. The normalized spacial score (nSPS) is 21.7. The number of hydrogen-bond acceptors (Lipinski definition) is 5. The van der Waals surface area contributed by atoms with Gasteiger partial charge >= 0.3 is 0 Å². The number of nitrogens with zero attached hydrogens (tertiary/aromatic N) is 3. The third-order valence-electron chi connectivity index (χ3n) is 4.41. The van der Waals surface area contributed by atoms with Gasteiger partial charge < -0.3 is 10.2 Å². The van der Waals surface area contributed by atoms with Crippen molar-refractivity contribution in [3.63, 3.8) is 0 Å². The van der Waals surface area contributed by atoms with Crippen LogP contribution in [-0.2, 0) is 6.54 Å². The molecule has 0 unspecified atom stereocenters. The summed E-state index contributed by atoms with van der Waals surface area (Å²) < 4.78 is 0. The molecule has 2 aliphatic heterocycles. The van der Waals surface area contributed by atoms with Crippen molar-refractivity contribution < 1.29 is 4.79 Å². The van der Waals surface area contributed by atoms with E-state index in [4.69, 9.17) is 0 Å². The maximum absolute atomic E-state index is 12.4. The lowest BCUT2D eigenvalue weighted by Crippen LogP contribution is -2.46. The fourth-order valence-corrected chi connectivity index (χ4v) is 3.73. The van der Waals surface area contributed by atoms with Crippen LogP contribution in [0.1, 0.15) is 35.3 Å². The number of amides is 1. The van der Waals surface area contributed by atoms with Gasteiger partial charge in [-0.25, -0.2) is 4.98 Å². The van der Waals surface area contributed by atoms with Crippen molar-refractivity contribution in [1.29, 1.82) is 0 Å². The van der Waals surface area contributed by atoms with Gasteiger partial charge in [0.15, 0.2) is 0 Å². The number of hydrogen-bond donors (Lipinski definition) is 1. The maximum Gasteiger partial charge on any atom is 0.273 e. The summed E-state index contributed by atoms with van der Waals surface area (Å²) in [6, 6.07) is 0. The molecule has 0 bridgehead atoms. The minimum absolute atomic E-state index is 0.0891. The minimum Gasteiger partial charge on any atom is -0.335 e. The number of carbonyl (C=O) groups is 1. The molecule has 2 aliphatic rings. The molecule has 1 aromatic heterocycles. The smallest absolute Gasteiger partial charge is 0.273 e. The van der Waals surface area contributed by atoms with E-state index in [0.717, 1.165) is 56.7 Å². The topological polar surface area (TPSA) is 48.5 Å². The molecule has 3 heterocycles. The number of piperazine rings is 1. The van der Waals surface area contributed by atoms with Crippen LogP contribution >= 0.6 is 11.3 Å². The molecule has 3 rings (SSSR count). The van der Waals surface area contributed by atoms with Crippen LogP contribution in [0.4, 0.5) is 0 Å². The molecule has 6 heteroatoms. The number of nitrogens with one attached hydrogen (secondary N) is 1. The second-order valence-corrected chi connectivity index (χ2v) is 7.07. The van der Waals surface area contributed by atoms with Gasteiger partial charge in [0, 0.05) is 31.6 Å². The van der Waals surface area contributed by atoms with Crippen LogP contribution < -0.4 is 5.32 Å². The fourth-order valence-electron chi connectivity index (χ4n) is 2.92. The van der Waals surface area contributed by atoms with E-state index in [9.17, 15) is 4.79 Å². The van der Waals surface area contributed by atoms with Gasteiger partial charge in [-0.1, -0.05) is 6.92 Å². The lowest BCUT2D eigenvalue weighted by atomic mass is 9.99. The summed E-state index contributed by atoms with van der Waals surface area (Å²) in [5, 5.41) is 6.26. The molecule has 5 nitrogen and oxygen atoms in total. The average Bonchev–Trinajstić information content (AvgIpc) is 2.98. The fraction of sp³-hybridized carbons (Fsp3) is 0.733. The molecule has 2 saturated heterocycles. The van der Waals surface area contributed by atoms with E-state index < -0.39 is 0 Å². The first-order valence-electron chi connectivity index (χ1n) is 7.89. The summed E-state index contributed by atoms with van der Waals surface area (Å²) in [6.45, 7) is 8.87. The molecule has 0 radical (unpaired) electrons. The van der Waals surface area contributed by atoms with Crippen LogP contribution in [0.25, 0.3) is 0 Å². The quantitative estimate of drug-likeness (QED) is 0.917. The Hall–Kier alpha value is -0.980. The Kier molecular flexibility index (Phi) is 4.87. The second-order valence-electron chi connectivity index (χ2n) is 6.13. The number of carbonyl (C=O) groups excluding carboxylic acids is 1. The van der Waals surface area contributed by atoms with Crippen molar-refractivity contribution in [2.75, 3.05) is 39.3 Å². The van der Waals surface area contributed by atoms with Crippen molar-refractivity contribution in [1.82, 2.24) is 20.1 Å². The molecule has 0 aromatic carbocycles. The number of likely N-dealkylation sites (tertiary alicyclic amines) is 1. The standard InChI is InChI=1S/C15H24N4OS/c1-12-2-6-18(7-3-12)10-14-17-13(11-21-14)15(20)19-8-4-16-5-9-19/h11-12,16H,2-10H2,1H3. The van der Waals surface area contributed by atoms with Crippen molar-refractivity contribution in [2.45, 2.75) is 26.3 Å². The predicted molar refractivity (Wildman–Crippen MR) is 84.6 cm³/mol. The maximum atomic E-state index is 12.4. The first-order valence-corrected chi connectivity index (χ1v) is 8.77. The molecule has 0 spiro atoms. The van der Waals surface area contributed by atoms with Crippen LogP contribution in [-0.4, -0.2) is 60.0 Å². The van der Waals surface area contributed by atoms with E-state index in [1.54, 1.807) is 11.3 Å². The van der Waals surface area contributed by atoms with Crippen molar-refractivity contribution >= 4 is 17.2 Å². The van der Waals surface area contributed by atoms with Gasteiger partial charge in [-0.05, 0) is 31.8 Å². The van der Waals surface area contributed by atoms with Crippen LogP contribution in [0.5, 0.6) is 0 Å². The summed E-state index contributed by atoms with van der Waals surface area (Å²) in [4.78, 5) is 21.3. The summed E-state index contributed by atoms with van der Waals surface area (Å²) in [5.74, 6) is 0.939. The lowest BCUT2D eigenvalue weighted by molar-refractivity contribution is 0.0730. The average molecular weight is 308 g/mol. The zero-order chi connectivity index (χ0) is 14.7. The van der Waals surface area contributed by atoms with Gasteiger partial charge in [-0.3, -0.25) is 9.69 Å². The van der Waals surface area contributed by atoms with E-state index >= 15 is 0 Å². The zero-order valence-electron chi connectivity index (χ0n) is 12.7. The highest BCUT2D eigenvalue weighted by molar-refractivity contribution is 7.09. The Morgan fingerprint density at radius 2 is 2.05 bits per heavy atom. The third kappa shape index (κ3) is 3.81. The molecular formula is C15H24N4OS. The molecule has 0 aliphatic carbocycles. The third-order valence-corrected chi connectivity index (χ3v) is 5.24. The molecule has 0 atom stereocenters. The van der Waals surface area contributed by atoms with E-state index in [-0.39, 0.29) is 5.91 Å². The largest absolute Gasteiger partial charge is 0.335 e. The highest BCUT2D eigenvalue weighted by Crippen LogP contribution is 2.20. The van der Waals surface area contributed by atoms with E-state index in [1.807, 2.05) is 10.3 Å². The summed E-state index contributed by atoms with van der Waals surface area (Å²) >= 11 is 1.62. The number of rotatable bonds is 3. The molecule has 0 saturated carbocycles. The predicted octanol–water partition coefficient (Wildman–Crippen LogP) is 1.42. The monoisotopic (exact) mass is 308 g/mol. The van der Waals surface area contributed by atoms with Gasteiger partial charge in [-0.15, -0.1) is 11.3 Å². The van der Waals surface area contributed by atoms with Crippen LogP contribution in [0.3, 0.4) is 0 Å². The van der Waals surface area contributed by atoms with Crippen molar-refractivity contribution in [3.05, 3.63) is 16.1 Å². The number of aromatic nitrogens is 1. The Balaban J connectivity index is 1.56. The van der Waals surface area contributed by atoms with Crippen LogP contribution in [0.15, 0.2) is 5.38 Å². The minimum atomic E-state index is 0.0891. The summed E-state index contributed by atoms with van der Waals surface area (Å²) in [6.07, 6.45) is 2.55. The van der Waals surface area contributed by atoms with E-state index in [1.165, 1.54) is 12.8 Å². The van der Waals surface area contributed by atoms with Gasteiger partial charge in [0.25, 0.3) is 5.91 Å². The molecule has 1 N–H and O–H groups in total. The number of piperidine rings is 1. The number of thiazole rings is 1. The molecular weight excluding hydrogens is 284 g/mol. The molecule has 1 aromatic rings. The molecule has 116 valence electrons. The Morgan fingerprint density at radius 1 is 1.33 bits per heavy atom. The molecule has 2 fully saturated rings. The van der Waals surface area contributed by atoms with Crippen molar-refractivity contribution in [2.24, 2.45) is 5.92 Å². The van der Waals surface area contributed by atoms with Gasteiger partial charge in [0.1, 0.15) is 10.7 Å². The summed E-state index contributed by atoms with van der Waals surface area (Å²) in [5.41, 5.74) is 0.627. The highest BCUT2D eigenvalue weighted by Gasteiger charge is 2.21. The Labute approximate surface area is 130 Å². The first kappa shape index (κ1) is 14.9. The molecule has 1 amide bonds. The van der Waals surface area contributed by atoms with E-state index in [2.05, 4.69) is 22.1 Å². The van der Waals surface area contributed by atoms with Gasteiger partial charge in [0.05, 0.1) is 6.54 Å². The lowest BCUT2D eigenvalue weighted by Gasteiger charge is -2.29. The Bertz CT molecular complexity index is 476. The summed E-state index contributed by atoms with van der Waals surface area (Å²) in [7, 11) is 0. The van der Waals surface area contributed by atoms with Crippen LogP contribution in [0.2, 0.25) is 0 Å². The SMILES string of the molecule is CC1CCN(Cc2nc(C(=O)N3CCNCC3)cs2)CC1. The highest BCUT2D eigenvalue weighted by atomic mass is 32.1. The first-order chi connectivity index (χ1) is 10.2. The Morgan fingerprint density at radius 3 is 2.76 bits per heavy atom. The zero-order valence-corrected chi connectivity index (χ0v) is 13.5. The van der Waals surface area contributed by atoms with Crippen molar-refractivity contribution in [3.8, 4) is 0 Å². The van der Waals surface area contributed by atoms with Gasteiger partial charge in [-0.2, -0.15) is 0 Å². The van der Waals surface area contributed by atoms with Gasteiger partial charge in [0.2, 0.25) is 0 Å². The van der Waals surface area contributed by atoms with Crippen LogP contribution in [0, 0.1) is 5.92 Å².